The molecule has 0 heterocycles. The van der Waals surface area contributed by atoms with Gasteiger partial charge in [-0.15, -0.1) is 0 Å². The molecule has 1 fully saturated rings. The van der Waals surface area contributed by atoms with Crippen LogP contribution in [0.25, 0.3) is 0 Å². The Kier molecular flexibility index (Phi) is 4.79. The van der Waals surface area contributed by atoms with Crippen LogP contribution in [0.3, 0.4) is 0 Å². The Bertz CT molecular complexity index is 371. The average molecular weight is 248 g/mol. The largest absolute Gasteiger partial charge is 0.386 e. The van der Waals surface area contributed by atoms with Crippen molar-refractivity contribution in [3.05, 3.63) is 35.4 Å². The summed E-state index contributed by atoms with van der Waals surface area (Å²) < 4.78 is 5.73. The number of rotatable bonds is 7. The first-order valence-corrected chi connectivity index (χ1v) is 7.14. The van der Waals surface area contributed by atoms with Crippen molar-refractivity contribution in [3.8, 4) is 0 Å². The highest BCUT2D eigenvalue weighted by Gasteiger charge is 2.37. The van der Waals surface area contributed by atoms with Crippen LogP contribution in [0.5, 0.6) is 0 Å². The molecule has 0 aliphatic heterocycles. The molecule has 18 heavy (non-hydrogen) atoms. The van der Waals surface area contributed by atoms with E-state index in [1.54, 1.807) is 0 Å². The maximum atomic E-state index is 10.5. The van der Waals surface area contributed by atoms with E-state index in [9.17, 15) is 5.11 Å². The summed E-state index contributed by atoms with van der Waals surface area (Å²) in [6.07, 6.45) is 4.09. The molecule has 1 aromatic carbocycles. The van der Waals surface area contributed by atoms with E-state index in [-0.39, 0.29) is 6.10 Å². The standard InChI is InChI=1S/C16H24O2/c1-3-6-12-7-5-8-14(11-12)15(17)16(18-4-2)13-9-10-13/h5,7-8,11,13,15-17H,3-4,6,9-10H2,1-2H3. The molecule has 2 rings (SSSR count). The third-order valence-corrected chi connectivity index (χ3v) is 3.59. The van der Waals surface area contributed by atoms with Crippen molar-refractivity contribution in [1.29, 1.82) is 0 Å². The molecule has 2 unspecified atom stereocenters. The van der Waals surface area contributed by atoms with Gasteiger partial charge in [0.1, 0.15) is 6.10 Å². The Labute approximate surface area is 110 Å². The van der Waals surface area contributed by atoms with Crippen LogP contribution in [0.2, 0.25) is 0 Å². The number of ether oxygens (including phenoxy) is 1. The molecule has 2 nitrogen and oxygen atoms in total. The molecule has 0 amide bonds. The van der Waals surface area contributed by atoms with Crippen molar-refractivity contribution in [3.63, 3.8) is 0 Å². The lowest BCUT2D eigenvalue weighted by Gasteiger charge is -2.23. The van der Waals surface area contributed by atoms with E-state index >= 15 is 0 Å². The van der Waals surface area contributed by atoms with Crippen LogP contribution >= 0.6 is 0 Å². The van der Waals surface area contributed by atoms with Gasteiger partial charge in [0.05, 0.1) is 6.10 Å². The molecule has 1 aliphatic rings. The van der Waals surface area contributed by atoms with Gasteiger partial charge in [-0.2, -0.15) is 0 Å². The second kappa shape index (κ2) is 6.35. The van der Waals surface area contributed by atoms with Gasteiger partial charge >= 0.3 is 0 Å². The zero-order chi connectivity index (χ0) is 13.0. The SMILES string of the molecule is CCCc1cccc(C(O)C(OCC)C2CC2)c1. The third kappa shape index (κ3) is 3.33. The maximum Gasteiger partial charge on any atom is 0.105 e. The predicted molar refractivity (Wildman–Crippen MR) is 73.5 cm³/mol. The lowest BCUT2D eigenvalue weighted by molar-refractivity contribution is -0.0462. The Hall–Kier alpha value is -0.860. The Morgan fingerprint density at radius 2 is 2.11 bits per heavy atom. The maximum absolute atomic E-state index is 10.5. The molecule has 0 radical (unpaired) electrons. The molecule has 0 aromatic heterocycles. The van der Waals surface area contributed by atoms with Crippen LogP contribution in [0.15, 0.2) is 24.3 Å². The highest BCUT2D eigenvalue weighted by Crippen LogP contribution is 2.40. The molecule has 1 aliphatic carbocycles. The first-order chi connectivity index (χ1) is 8.76. The smallest absolute Gasteiger partial charge is 0.105 e. The molecule has 0 saturated heterocycles. The summed E-state index contributed by atoms with van der Waals surface area (Å²) in [6, 6.07) is 8.31. The molecule has 1 saturated carbocycles. The van der Waals surface area contributed by atoms with Crippen molar-refractivity contribution < 1.29 is 9.84 Å². The fraction of sp³-hybridized carbons (Fsp3) is 0.625. The average Bonchev–Trinajstić information content (AvgIpc) is 3.20. The number of hydrogen-bond acceptors (Lipinski definition) is 2. The van der Waals surface area contributed by atoms with E-state index in [0.29, 0.717) is 12.5 Å². The van der Waals surface area contributed by atoms with E-state index < -0.39 is 6.10 Å². The van der Waals surface area contributed by atoms with Crippen molar-refractivity contribution in [2.75, 3.05) is 6.61 Å². The predicted octanol–water partition coefficient (Wildman–Crippen LogP) is 3.49. The quantitative estimate of drug-likeness (QED) is 0.800. The van der Waals surface area contributed by atoms with E-state index in [4.69, 9.17) is 4.74 Å². The summed E-state index contributed by atoms with van der Waals surface area (Å²) >= 11 is 0. The van der Waals surface area contributed by atoms with Crippen LogP contribution in [0, 0.1) is 5.92 Å². The summed E-state index contributed by atoms with van der Waals surface area (Å²) in [4.78, 5) is 0. The summed E-state index contributed by atoms with van der Waals surface area (Å²) in [6.45, 7) is 4.85. The Balaban J connectivity index is 2.10. The van der Waals surface area contributed by atoms with Crippen LogP contribution in [-0.4, -0.2) is 17.8 Å². The van der Waals surface area contributed by atoms with Gasteiger partial charge < -0.3 is 9.84 Å². The van der Waals surface area contributed by atoms with Gasteiger partial charge in [-0.1, -0.05) is 37.6 Å². The number of aliphatic hydroxyl groups is 1. The third-order valence-electron chi connectivity index (χ3n) is 3.59. The first-order valence-electron chi connectivity index (χ1n) is 7.14. The zero-order valence-electron chi connectivity index (χ0n) is 11.4. The normalized spacial score (nSPS) is 18.6. The van der Waals surface area contributed by atoms with Crippen LogP contribution in [0.1, 0.15) is 50.3 Å². The number of aryl methyl sites for hydroxylation is 1. The van der Waals surface area contributed by atoms with Crippen molar-refractivity contribution in [2.24, 2.45) is 5.92 Å². The molecule has 100 valence electrons. The minimum atomic E-state index is -0.478. The van der Waals surface area contributed by atoms with E-state index in [1.165, 1.54) is 18.4 Å². The van der Waals surface area contributed by atoms with E-state index in [0.717, 1.165) is 18.4 Å². The van der Waals surface area contributed by atoms with Crippen LogP contribution in [-0.2, 0) is 11.2 Å². The second-order valence-corrected chi connectivity index (χ2v) is 5.20. The van der Waals surface area contributed by atoms with Gasteiger partial charge in [-0.05, 0) is 43.2 Å². The van der Waals surface area contributed by atoms with Gasteiger partial charge in [0, 0.05) is 6.61 Å². The lowest BCUT2D eigenvalue weighted by atomic mass is 9.98. The minimum absolute atomic E-state index is 0.0214. The molecule has 1 N–H and O–H groups in total. The molecular formula is C16H24O2. The molecule has 1 aromatic rings. The molecular weight excluding hydrogens is 224 g/mol. The van der Waals surface area contributed by atoms with Gasteiger partial charge in [0.15, 0.2) is 0 Å². The van der Waals surface area contributed by atoms with Crippen LogP contribution in [0.4, 0.5) is 0 Å². The minimum Gasteiger partial charge on any atom is -0.386 e. The monoisotopic (exact) mass is 248 g/mol. The molecule has 0 bridgehead atoms. The topological polar surface area (TPSA) is 29.5 Å². The number of aliphatic hydroxyl groups excluding tert-OH is 1. The summed E-state index contributed by atoms with van der Waals surface area (Å²) in [5.74, 6) is 0.551. The molecule has 2 heteroatoms. The summed E-state index contributed by atoms with van der Waals surface area (Å²) in [5.41, 5.74) is 2.31. The van der Waals surface area contributed by atoms with Gasteiger partial charge in [0.2, 0.25) is 0 Å². The van der Waals surface area contributed by atoms with E-state index in [2.05, 4.69) is 19.1 Å². The Morgan fingerprint density at radius 3 is 2.72 bits per heavy atom. The van der Waals surface area contributed by atoms with Crippen molar-refractivity contribution in [1.82, 2.24) is 0 Å². The van der Waals surface area contributed by atoms with Gasteiger partial charge in [-0.3, -0.25) is 0 Å². The molecule has 2 atom stereocenters. The highest BCUT2D eigenvalue weighted by molar-refractivity contribution is 5.26. The van der Waals surface area contributed by atoms with Crippen LogP contribution < -0.4 is 0 Å². The lowest BCUT2D eigenvalue weighted by Crippen LogP contribution is -2.24. The number of benzene rings is 1. The fourth-order valence-electron chi connectivity index (χ4n) is 2.51. The summed E-state index contributed by atoms with van der Waals surface area (Å²) in [5, 5.41) is 10.5. The highest BCUT2D eigenvalue weighted by atomic mass is 16.5. The van der Waals surface area contributed by atoms with Crippen molar-refractivity contribution >= 4 is 0 Å². The second-order valence-electron chi connectivity index (χ2n) is 5.20. The van der Waals surface area contributed by atoms with Gasteiger partial charge in [0.25, 0.3) is 0 Å². The Morgan fingerprint density at radius 1 is 1.33 bits per heavy atom. The van der Waals surface area contributed by atoms with E-state index in [1.807, 2.05) is 19.1 Å². The van der Waals surface area contributed by atoms with Gasteiger partial charge in [-0.25, -0.2) is 0 Å². The summed E-state index contributed by atoms with van der Waals surface area (Å²) in [7, 11) is 0. The first kappa shape index (κ1) is 13.6. The fourth-order valence-corrected chi connectivity index (χ4v) is 2.51. The van der Waals surface area contributed by atoms with Crippen molar-refractivity contribution in [2.45, 2.75) is 51.7 Å². The zero-order valence-corrected chi connectivity index (χ0v) is 11.4. The molecule has 0 spiro atoms. The number of hydrogen-bond donors (Lipinski definition) is 1.